The minimum absolute atomic E-state index is 0.439. The number of nitrogens with zero attached hydrogens (tertiary/aromatic N) is 1. The summed E-state index contributed by atoms with van der Waals surface area (Å²) in [5, 5.41) is 3.54. The van der Waals surface area contributed by atoms with Crippen LogP contribution in [0.1, 0.15) is 65.7 Å². The largest absolute Gasteiger partial charge is 0.317 e. The Bertz CT molecular complexity index is 618. The molecule has 7 atom stereocenters. The van der Waals surface area contributed by atoms with Crippen molar-refractivity contribution in [2.24, 2.45) is 28.6 Å². The third kappa shape index (κ3) is 2.58. The maximum Gasteiger partial charge on any atom is 0.0278 e. The van der Waals surface area contributed by atoms with E-state index in [0.29, 0.717) is 22.9 Å². The highest BCUT2D eigenvalue weighted by Gasteiger charge is 2.57. The van der Waals surface area contributed by atoms with Crippen LogP contribution in [0.2, 0.25) is 0 Å². The number of allylic oxidation sites excluding steroid dienone is 2. The molecule has 0 aliphatic heterocycles. The van der Waals surface area contributed by atoms with Gasteiger partial charge in [-0.3, -0.25) is 0 Å². The smallest absolute Gasteiger partial charge is 0.0278 e. The van der Waals surface area contributed by atoms with E-state index in [9.17, 15) is 0 Å². The summed E-state index contributed by atoms with van der Waals surface area (Å²) in [7, 11) is 6.62. The highest BCUT2D eigenvalue weighted by atomic mass is 15.1. The number of hydrogen-bond acceptors (Lipinski definition) is 2. The molecule has 4 rings (SSSR count). The van der Waals surface area contributed by atoms with Crippen molar-refractivity contribution in [3.8, 4) is 0 Å². The van der Waals surface area contributed by atoms with Crippen LogP contribution in [0.25, 0.3) is 0 Å². The number of likely N-dealkylation sites (N-methyl/N-ethyl adjacent to an activating group) is 1. The minimum Gasteiger partial charge on any atom is -0.317 e. The summed E-state index contributed by atoms with van der Waals surface area (Å²) in [4.78, 5) is 2.41. The summed E-state index contributed by atoms with van der Waals surface area (Å²) in [6, 6.07) is 1.29. The van der Waals surface area contributed by atoms with Gasteiger partial charge in [-0.25, -0.2) is 0 Å². The van der Waals surface area contributed by atoms with Gasteiger partial charge >= 0.3 is 0 Å². The third-order valence-electron chi connectivity index (χ3n) is 9.38. The molecule has 0 unspecified atom stereocenters. The molecule has 2 heteroatoms. The highest BCUT2D eigenvalue weighted by Crippen LogP contribution is 2.65. The molecule has 0 radical (unpaired) electrons. The van der Waals surface area contributed by atoms with Gasteiger partial charge in [0.15, 0.2) is 0 Å². The van der Waals surface area contributed by atoms with Crippen molar-refractivity contribution >= 4 is 0 Å². The molecule has 0 bridgehead atoms. The molecular weight excluding hydrogens is 316 g/mol. The molecule has 0 amide bonds. The summed E-state index contributed by atoms with van der Waals surface area (Å²) < 4.78 is 0. The van der Waals surface area contributed by atoms with E-state index in [2.05, 4.69) is 64.3 Å². The molecule has 0 spiro atoms. The van der Waals surface area contributed by atoms with Gasteiger partial charge in [-0.05, 0) is 102 Å². The van der Waals surface area contributed by atoms with Crippen molar-refractivity contribution in [3.05, 3.63) is 23.3 Å². The SMILES string of the molecule is CN[C@H]1CC[C@@]2(C)C(=CC[C@@H]3[C@@H]2CC[C@]2(C)C([C@H](C)N(C)C)=CC[C@@H]32)C1. The van der Waals surface area contributed by atoms with Crippen LogP contribution in [0.4, 0.5) is 0 Å². The standard InChI is InChI=1S/C24H40N2/c1-16(26(5)6)20-9-10-21-19-8-7-17-15-18(25-4)11-13-23(17,2)22(19)12-14-24(20,21)3/h7,9,16,18-19,21-22,25H,8,10-15H2,1-6H3/t16-,18-,19-,21-,22-,23-,24+/m0/s1. The molecule has 2 nitrogen and oxygen atoms in total. The predicted molar refractivity (Wildman–Crippen MR) is 111 cm³/mol. The first-order valence-corrected chi connectivity index (χ1v) is 11.0. The number of hydrogen-bond donors (Lipinski definition) is 1. The molecule has 146 valence electrons. The fourth-order valence-electron chi connectivity index (χ4n) is 7.43. The second kappa shape index (κ2) is 6.48. The Morgan fingerprint density at radius 2 is 1.77 bits per heavy atom. The Hall–Kier alpha value is -0.600. The molecule has 4 aliphatic carbocycles. The fraction of sp³-hybridized carbons (Fsp3) is 0.833. The Labute approximate surface area is 161 Å². The normalized spacial score (nSPS) is 46.1. The zero-order chi connectivity index (χ0) is 18.7. The molecule has 0 aromatic rings. The lowest BCUT2D eigenvalue weighted by molar-refractivity contribution is -0.0221. The Morgan fingerprint density at radius 3 is 2.46 bits per heavy atom. The molecule has 0 saturated heterocycles. The van der Waals surface area contributed by atoms with Crippen LogP contribution in [-0.4, -0.2) is 38.1 Å². The quantitative estimate of drug-likeness (QED) is 0.714. The molecule has 26 heavy (non-hydrogen) atoms. The van der Waals surface area contributed by atoms with Gasteiger partial charge < -0.3 is 10.2 Å². The molecule has 0 aromatic heterocycles. The van der Waals surface area contributed by atoms with Gasteiger partial charge in [-0.2, -0.15) is 0 Å². The average molecular weight is 357 g/mol. The second-order valence-electron chi connectivity index (χ2n) is 10.5. The first kappa shape index (κ1) is 18.7. The summed E-state index contributed by atoms with van der Waals surface area (Å²) in [5.74, 6) is 2.69. The predicted octanol–water partition coefficient (Wildman–Crippen LogP) is 5.02. The van der Waals surface area contributed by atoms with E-state index in [1.54, 1.807) is 11.1 Å². The van der Waals surface area contributed by atoms with E-state index in [0.717, 1.165) is 17.8 Å². The minimum atomic E-state index is 0.439. The van der Waals surface area contributed by atoms with Crippen LogP contribution in [0.3, 0.4) is 0 Å². The molecular formula is C24H40N2. The van der Waals surface area contributed by atoms with Gasteiger partial charge in [0.1, 0.15) is 0 Å². The Morgan fingerprint density at radius 1 is 1.04 bits per heavy atom. The van der Waals surface area contributed by atoms with Crippen LogP contribution in [0.15, 0.2) is 23.3 Å². The van der Waals surface area contributed by atoms with Crippen molar-refractivity contribution in [1.29, 1.82) is 0 Å². The monoisotopic (exact) mass is 356 g/mol. The summed E-state index contributed by atoms with van der Waals surface area (Å²) >= 11 is 0. The van der Waals surface area contributed by atoms with Crippen molar-refractivity contribution in [2.75, 3.05) is 21.1 Å². The number of nitrogens with one attached hydrogen (secondary N) is 1. The molecule has 1 N–H and O–H groups in total. The summed E-state index contributed by atoms with van der Waals surface area (Å²) in [6.07, 6.45) is 14.9. The van der Waals surface area contributed by atoms with E-state index in [4.69, 9.17) is 0 Å². The van der Waals surface area contributed by atoms with E-state index in [1.165, 1.54) is 44.9 Å². The van der Waals surface area contributed by atoms with Crippen LogP contribution in [-0.2, 0) is 0 Å². The Kier molecular flexibility index (Phi) is 4.67. The van der Waals surface area contributed by atoms with Crippen LogP contribution >= 0.6 is 0 Å². The molecule has 2 saturated carbocycles. The van der Waals surface area contributed by atoms with Gasteiger partial charge in [-0.1, -0.05) is 37.1 Å². The first-order valence-electron chi connectivity index (χ1n) is 11.0. The van der Waals surface area contributed by atoms with Crippen molar-refractivity contribution in [3.63, 3.8) is 0 Å². The van der Waals surface area contributed by atoms with Gasteiger partial charge in [0.2, 0.25) is 0 Å². The fourth-order valence-corrected chi connectivity index (χ4v) is 7.43. The van der Waals surface area contributed by atoms with Crippen LogP contribution < -0.4 is 5.32 Å². The van der Waals surface area contributed by atoms with Gasteiger partial charge in [0, 0.05) is 12.1 Å². The first-order chi connectivity index (χ1) is 12.3. The lowest BCUT2D eigenvalue weighted by atomic mass is 9.47. The van der Waals surface area contributed by atoms with E-state index >= 15 is 0 Å². The van der Waals surface area contributed by atoms with Crippen molar-refractivity contribution in [1.82, 2.24) is 10.2 Å². The van der Waals surface area contributed by atoms with Crippen molar-refractivity contribution < 1.29 is 0 Å². The molecule has 4 aliphatic rings. The van der Waals surface area contributed by atoms with Gasteiger partial charge in [-0.15, -0.1) is 0 Å². The molecule has 0 heterocycles. The third-order valence-corrected chi connectivity index (χ3v) is 9.38. The van der Waals surface area contributed by atoms with Gasteiger partial charge in [0.05, 0.1) is 0 Å². The lowest BCUT2D eigenvalue weighted by Gasteiger charge is -2.58. The topological polar surface area (TPSA) is 15.3 Å². The molecule has 2 fully saturated rings. The lowest BCUT2D eigenvalue weighted by Crippen LogP contribution is -2.51. The second-order valence-corrected chi connectivity index (χ2v) is 10.5. The number of fused-ring (bicyclic) bond motifs is 5. The maximum absolute atomic E-state index is 3.54. The van der Waals surface area contributed by atoms with Crippen LogP contribution in [0.5, 0.6) is 0 Å². The zero-order valence-electron chi connectivity index (χ0n) is 17.9. The number of rotatable bonds is 3. The molecule has 0 aromatic carbocycles. The Balaban J connectivity index is 1.61. The van der Waals surface area contributed by atoms with E-state index in [-0.39, 0.29) is 0 Å². The van der Waals surface area contributed by atoms with Crippen molar-refractivity contribution in [2.45, 2.75) is 77.8 Å². The van der Waals surface area contributed by atoms with Gasteiger partial charge in [0.25, 0.3) is 0 Å². The summed E-state index contributed by atoms with van der Waals surface area (Å²) in [5.41, 5.74) is 4.45. The summed E-state index contributed by atoms with van der Waals surface area (Å²) in [6.45, 7) is 7.63. The van der Waals surface area contributed by atoms with E-state index < -0.39 is 0 Å². The van der Waals surface area contributed by atoms with E-state index in [1.807, 2.05) is 0 Å². The van der Waals surface area contributed by atoms with Crippen LogP contribution in [0, 0.1) is 28.6 Å². The maximum atomic E-state index is 3.54. The zero-order valence-corrected chi connectivity index (χ0v) is 17.9. The average Bonchev–Trinajstić information content (AvgIpc) is 2.97. The highest BCUT2D eigenvalue weighted by molar-refractivity contribution is 5.32.